The Labute approximate surface area is 141 Å². The molecular formula is C16H23ClF3N3. The second-order valence-corrected chi connectivity index (χ2v) is 6.68. The van der Waals surface area contributed by atoms with Crippen LogP contribution in [0.4, 0.5) is 24.5 Å². The molecule has 3 nitrogen and oxygen atoms in total. The van der Waals surface area contributed by atoms with Crippen molar-refractivity contribution in [2.24, 2.45) is 5.41 Å². The van der Waals surface area contributed by atoms with Gasteiger partial charge in [-0.1, -0.05) is 19.1 Å². The monoisotopic (exact) mass is 349 g/mol. The van der Waals surface area contributed by atoms with Crippen LogP contribution in [0.1, 0.15) is 13.3 Å². The lowest BCUT2D eigenvalue weighted by molar-refractivity contribution is -0.119. The van der Waals surface area contributed by atoms with Crippen LogP contribution in [-0.4, -0.2) is 45.4 Å². The van der Waals surface area contributed by atoms with E-state index < -0.39 is 12.7 Å². The Morgan fingerprint density at radius 2 is 1.74 bits per heavy atom. The van der Waals surface area contributed by atoms with Gasteiger partial charge in [0, 0.05) is 26.2 Å². The van der Waals surface area contributed by atoms with Gasteiger partial charge in [0.1, 0.15) is 6.54 Å². The fraction of sp³-hybridized carbons (Fsp3) is 0.625. The lowest BCUT2D eigenvalue weighted by Gasteiger charge is -2.42. The highest BCUT2D eigenvalue weighted by Gasteiger charge is 2.36. The van der Waals surface area contributed by atoms with Crippen LogP contribution >= 0.6 is 12.4 Å². The number of nitrogens with zero attached hydrogens (tertiary/aromatic N) is 2. The molecule has 3 rings (SSSR count). The maximum Gasteiger partial charge on any atom is 0.405 e. The van der Waals surface area contributed by atoms with Crippen molar-refractivity contribution in [1.29, 1.82) is 0 Å². The van der Waals surface area contributed by atoms with E-state index in [2.05, 4.69) is 17.1 Å². The number of alkyl halides is 3. The summed E-state index contributed by atoms with van der Waals surface area (Å²) in [6.07, 6.45) is -3.06. The van der Waals surface area contributed by atoms with Crippen LogP contribution in [0.25, 0.3) is 0 Å². The zero-order valence-electron chi connectivity index (χ0n) is 13.2. The number of rotatable bonds is 3. The molecule has 2 aliphatic heterocycles. The van der Waals surface area contributed by atoms with Crippen LogP contribution in [0.2, 0.25) is 0 Å². The maximum atomic E-state index is 12.8. The number of hydrogen-bond acceptors (Lipinski definition) is 3. The Balaban J connectivity index is 0.00000192. The molecule has 1 fully saturated rings. The van der Waals surface area contributed by atoms with Crippen molar-refractivity contribution in [2.45, 2.75) is 19.5 Å². The molecule has 0 spiro atoms. The van der Waals surface area contributed by atoms with Crippen LogP contribution < -0.4 is 15.1 Å². The van der Waals surface area contributed by atoms with Crippen molar-refractivity contribution in [1.82, 2.24) is 5.32 Å². The minimum Gasteiger partial charge on any atom is -0.367 e. The Morgan fingerprint density at radius 3 is 2.30 bits per heavy atom. The minimum absolute atomic E-state index is 0. The molecule has 2 heterocycles. The number of anilines is 2. The standard InChI is InChI=1S/C16H22F3N3.ClH/c1-15(6-7-20-10-15)11-21-8-9-22(12-16(17,18)19)14-5-3-2-4-13(14)21;/h2-5,20H,6-12H2,1H3;1H. The number of fused-ring (bicyclic) bond motifs is 1. The van der Waals surface area contributed by atoms with Crippen molar-refractivity contribution < 1.29 is 13.2 Å². The first-order valence-electron chi connectivity index (χ1n) is 7.73. The molecule has 0 amide bonds. The van der Waals surface area contributed by atoms with Gasteiger partial charge in [0.15, 0.2) is 0 Å². The van der Waals surface area contributed by atoms with Crippen LogP contribution in [0.3, 0.4) is 0 Å². The summed E-state index contributed by atoms with van der Waals surface area (Å²) in [6, 6.07) is 7.44. The van der Waals surface area contributed by atoms with Gasteiger partial charge in [0.25, 0.3) is 0 Å². The Bertz CT molecular complexity index is 530. The normalized spacial score (nSPS) is 24.3. The van der Waals surface area contributed by atoms with Crippen LogP contribution in [0.15, 0.2) is 24.3 Å². The molecule has 23 heavy (non-hydrogen) atoms. The van der Waals surface area contributed by atoms with Gasteiger partial charge in [-0.2, -0.15) is 13.2 Å². The molecule has 0 bridgehead atoms. The fourth-order valence-corrected chi connectivity index (χ4v) is 3.49. The van der Waals surface area contributed by atoms with Gasteiger partial charge in [-0.3, -0.25) is 0 Å². The minimum atomic E-state index is -4.17. The quantitative estimate of drug-likeness (QED) is 0.903. The lowest BCUT2D eigenvalue weighted by atomic mass is 9.88. The molecule has 0 radical (unpaired) electrons. The van der Waals surface area contributed by atoms with Gasteiger partial charge < -0.3 is 15.1 Å². The van der Waals surface area contributed by atoms with E-state index in [0.717, 1.165) is 31.7 Å². The molecular weight excluding hydrogens is 327 g/mol. The number of halogens is 4. The molecule has 1 saturated heterocycles. The van der Waals surface area contributed by atoms with E-state index >= 15 is 0 Å². The molecule has 0 saturated carbocycles. The SMILES string of the molecule is CC1(CN2CCN(CC(F)(F)F)c3ccccc32)CCNC1.Cl. The summed E-state index contributed by atoms with van der Waals surface area (Å²) in [6.45, 7) is 5.30. The van der Waals surface area contributed by atoms with Crippen molar-refractivity contribution in [3.63, 3.8) is 0 Å². The average molecular weight is 350 g/mol. The van der Waals surface area contributed by atoms with E-state index in [1.165, 1.54) is 4.90 Å². The number of nitrogens with one attached hydrogen (secondary N) is 1. The first kappa shape index (κ1) is 18.2. The average Bonchev–Trinajstić information content (AvgIpc) is 2.87. The third-order valence-corrected chi connectivity index (χ3v) is 4.60. The lowest BCUT2D eigenvalue weighted by Crippen LogP contribution is -2.48. The molecule has 1 aromatic rings. The highest BCUT2D eigenvalue weighted by Crippen LogP contribution is 2.37. The van der Waals surface area contributed by atoms with Gasteiger partial charge in [0.05, 0.1) is 11.4 Å². The van der Waals surface area contributed by atoms with Crippen molar-refractivity contribution in [2.75, 3.05) is 49.1 Å². The molecule has 2 aliphatic rings. The summed E-state index contributed by atoms with van der Waals surface area (Å²) in [4.78, 5) is 3.69. The third kappa shape index (κ3) is 4.23. The van der Waals surface area contributed by atoms with E-state index in [4.69, 9.17) is 0 Å². The fourth-order valence-electron chi connectivity index (χ4n) is 3.49. The molecule has 7 heteroatoms. The summed E-state index contributed by atoms with van der Waals surface area (Å²) in [7, 11) is 0. The van der Waals surface area contributed by atoms with Crippen LogP contribution in [0, 0.1) is 5.41 Å². The molecule has 0 aliphatic carbocycles. The number of para-hydroxylation sites is 2. The van der Waals surface area contributed by atoms with E-state index in [-0.39, 0.29) is 17.8 Å². The van der Waals surface area contributed by atoms with Gasteiger partial charge in [0.2, 0.25) is 0 Å². The van der Waals surface area contributed by atoms with E-state index in [0.29, 0.717) is 18.8 Å². The first-order valence-corrected chi connectivity index (χ1v) is 7.73. The van der Waals surface area contributed by atoms with Gasteiger partial charge in [-0.25, -0.2) is 0 Å². The molecule has 130 valence electrons. The Hall–Kier alpha value is -1.14. The largest absolute Gasteiger partial charge is 0.405 e. The smallest absolute Gasteiger partial charge is 0.367 e. The number of hydrogen-bond donors (Lipinski definition) is 1. The molecule has 1 unspecified atom stereocenters. The first-order chi connectivity index (χ1) is 10.4. The van der Waals surface area contributed by atoms with Gasteiger partial charge >= 0.3 is 6.18 Å². The predicted octanol–water partition coefficient (Wildman–Crippen LogP) is 3.30. The molecule has 0 aromatic heterocycles. The summed E-state index contributed by atoms with van der Waals surface area (Å²) in [5.41, 5.74) is 1.81. The Morgan fingerprint density at radius 1 is 1.13 bits per heavy atom. The topological polar surface area (TPSA) is 18.5 Å². The molecule has 1 aromatic carbocycles. The Kier molecular flexibility index (Phi) is 5.36. The second-order valence-electron chi connectivity index (χ2n) is 6.68. The zero-order chi connectivity index (χ0) is 15.8. The van der Waals surface area contributed by atoms with Crippen molar-refractivity contribution in [3.8, 4) is 0 Å². The highest BCUT2D eigenvalue weighted by atomic mass is 35.5. The number of benzene rings is 1. The summed E-state index contributed by atoms with van der Waals surface area (Å²) in [5, 5.41) is 3.38. The van der Waals surface area contributed by atoms with Gasteiger partial charge in [-0.15, -0.1) is 12.4 Å². The van der Waals surface area contributed by atoms with Gasteiger partial charge in [-0.05, 0) is 30.5 Å². The maximum absolute atomic E-state index is 12.8. The predicted molar refractivity (Wildman–Crippen MR) is 89.8 cm³/mol. The van der Waals surface area contributed by atoms with Crippen LogP contribution in [-0.2, 0) is 0 Å². The molecule has 1 atom stereocenters. The second kappa shape index (κ2) is 6.77. The highest BCUT2D eigenvalue weighted by molar-refractivity contribution is 5.85. The summed E-state index contributed by atoms with van der Waals surface area (Å²) in [5.74, 6) is 0. The van der Waals surface area contributed by atoms with Crippen molar-refractivity contribution in [3.05, 3.63) is 24.3 Å². The van der Waals surface area contributed by atoms with E-state index in [9.17, 15) is 13.2 Å². The van der Waals surface area contributed by atoms with E-state index in [1.54, 1.807) is 6.07 Å². The summed E-state index contributed by atoms with van der Waals surface area (Å²) < 4.78 is 38.3. The van der Waals surface area contributed by atoms with Crippen LogP contribution in [0.5, 0.6) is 0 Å². The van der Waals surface area contributed by atoms with E-state index in [1.807, 2.05) is 18.2 Å². The van der Waals surface area contributed by atoms with Crippen molar-refractivity contribution >= 4 is 23.8 Å². The zero-order valence-corrected chi connectivity index (χ0v) is 14.0. The summed E-state index contributed by atoms with van der Waals surface area (Å²) >= 11 is 0. The third-order valence-electron chi connectivity index (χ3n) is 4.60. The molecule has 1 N–H and O–H groups in total.